The minimum absolute atomic E-state index is 0.165. The largest absolute Gasteiger partial charge is 0.454 e. The molecule has 118 valence electrons. The van der Waals surface area contributed by atoms with Crippen LogP contribution in [0.15, 0.2) is 39.1 Å². The standard InChI is InChI=1S/C15H20N4O2S/c1-17-15(19(2)8-7-12-4-3-9-22-12)18-10-11-5-6-13(21-11)14(16)20/h3-6,9H,7-8,10H2,1-2H3,(H2,16,20)(H,17,18). The Kier molecular flexibility index (Phi) is 5.60. The van der Waals surface area contributed by atoms with Crippen LogP contribution in [0.1, 0.15) is 21.2 Å². The van der Waals surface area contributed by atoms with Crippen LogP contribution in [0.2, 0.25) is 0 Å². The summed E-state index contributed by atoms with van der Waals surface area (Å²) >= 11 is 1.75. The van der Waals surface area contributed by atoms with Crippen LogP contribution in [0.25, 0.3) is 0 Å². The molecule has 6 nitrogen and oxygen atoms in total. The number of carbonyl (C=O) groups excluding carboxylic acids is 1. The molecule has 2 aromatic heterocycles. The van der Waals surface area contributed by atoms with Gasteiger partial charge in [0.2, 0.25) is 0 Å². The van der Waals surface area contributed by atoms with E-state index in [0.717, 1.165) is 18.9 Å². The normalized spacial score (nSPS) is 11.5. The second kappa shape index (κ2) is 7.65. The van der Waals surface area contributed by atoms with Gasteiger partial charge in [0.05, 0.1) is 6.54 Å². The van der Waals surface area contributed by atoms with E-state index in [1.807, 2.05) is 7.05 Å². The number of nitrogens with zero attached hydrogens (tertiary/aromatic N) is 2. The summed E-state index contributed by atoms with van der Waals surface area (Å²) in [6.45, 7) is 1.31. The van der Waals surface area contributed by atoms with E-state index < -0.39 is 5.91 Å². The molecule has 0 atom stereocenters. The summed E-state index contributed by atoms with van der Waals surface area (Å²) in [5.74, 6) is 1.01. The molecule has 0 radical (unpaired) electrons. The molecular formula is C15H20N4O2S. The zero-order valence-corrected chi connectivity index (χ0v) is 13.5. The van der Waals surface area contributed by atoms with Crippen molar-refractivity contribution >= 4 is 23.2 Å². The predicted molar refractivity (Wildman–Crippen MR) is 88.1 cm³/mol. The van der Waals surface area contributed by atoms with Crippen LogP contribution in [-0.2, 0) is 13.0 Å². The minimum atomic E-state index is -0.566. The molecule has 2 heterocycles. The van der Waals surface area contributed by atoms with Crippen molar-refractivity contribution in [3.63, 3.8) is 0 Å². The number of primary amides is 1. The van der Waals surface area contributed by atoms with Crippen molar-refractivity contribution in [2.24, 2.45) is 10.7 Å². The van der Waals surface area contributed by atoms with E-state index in [2.05, 4.69) is 32.7 Å². The number of thiophene rings is 1. The van der Waals surface area contributed by atoms with Crippen LogP contribution < -0.4 is 11.1 Å². The summed E-state index contributed by atoms with van der Waals surface area (Å²) in [6.07, 6.45) is 0.974. The number of guanidine groups is 1. The smallest absolute Gasteiger partial charge is 0.284 e. The molecule has 22 heavy (non-hydrogen) atoms. The van der Waals surface area contributed by atoms with Crippen molar-refractivity contribution in [1.29, 1.82) is 0 Å². The Morgan fingerprint density at radius 1 is 1.45 bits per heavy atom. The lowest BCUT2D eigenvalue weighted by atomic mass is 10.3. The molecule has 1 amide bonds. The maximum Gasteiger partial charge on any atom is 0.284 e. The number of nitrogens with two attached hydrogens (primary N) is 1. The second-order valence-electron chi connectivity index (χ2n) is 4.78. The van der Waals surface area contributed by atoms with Crippen LogP contribution >= 0.6 is 11.3 Å². The van der Waals surface area contributed by atoms with E-state index in [1.165, 1.54) is 4.88 Å². The SMILES string of the molecule is CN=C(NCc1ccc(C(N)=O)o1)N(C)CCc1cccs1. The average molecular weight is 320 g/mol. The van der Waals surface area contributed by atoms with E-state index in [-0.39, 0.29) is 5.76 Å². The molecule has 2 rings (SSSR count). The Hall–Kier alpha value is -2.28. The number of amides is 1. The molecule has 0 saturated carbocycles. The number of furan rings is 1. The van der Waals surface area contributed by atoms with Crippen LogP contribution in [0.5, 0.6) is 0 Å². The third-order valence-electron chi connectivity index (χ3n) is 3.17. The molecule has 0 spiro atoms. The third-order valence-corrected chi connectivity index (χ3v) is 4.11. The molecule has 0 bridgehead atoms. The van der Waals surface area contributed by atoms with E-state index in [9.17, 15) is 4.79 Å². The van der Waals surface area contributed by atoms with Crippen molar-refractivity contribution in [1.82, 2.24) is 10.2 Å². The van der Waals surface area contributed by atoms with Gasteiger partial charge < -0.3 is 20.4 Å². The Labute approximate surface area is 133 Å². The lowest BCUT2D eigenvalue weighted by Crippen LogP contribution is -2.39. The lowest BCUT2D eigenvalue weighted by Gasteiger charge is -2.21. The summed E-state index contributed by atoms with van der Waals surface area (Å²) in [5, 5.41) is 5.28. The molecular weight excluding hydrogens is 300 g/mol. The summed E-state index contributed by atoms with van der Waals surface area (Å²) in [4.78, 5) is 18.6. The van der Waals surface area contributed by atoms with Crippen LogP contribution in [-0.4, -0.2) is 37.4 Å². The fourth-order valence-corrected chi connectivity index (χ4v) is 2.69. The number of carbonyl (C=O) groups is 1. The summed E-state index contributed by atoms with van der Waals surface area (Å²) < 4.78 is 5.33. The Morgan fingerprint density at radius 3 is 2.86 bits per heavy atom. The lowest BCUT2D eigenvalue weighted by molar-refractivity contribution is 0.0972. The number of hydrogen-bond acceptors (Lipinski definition) is 4. The number of rotatable bonds is 6. The third kappa shape index (κ3) is 4.36. The Balaban J connectivity index is 1.84. The van der Waals surface area contributed by atoms with Gasteiger partial charge in [-0.3, -0.25) is 9.79 Å². The fourth-order valence-electron chi connectivity index (χ4n) is 1.99. The molecule has 0 fully saturated rings. The van der Waals surface area contributed by atoms with Crippen molar-refractivity contribution in [2.75, 3.05) is 20.6 Å². The maximum atomic E-state index is 11.0. The second-order valence-corrected chi connectivity index (χ2v) is 5.81. The molecule has 3 N–H and O–H groups in total. The van der Waals surface area contributed by atoms with Gasteiger partial charge in [-0.25, -0.2) is 0 Å². The molecule has 0 aliphatic carbocycles. The van der Waals surface area contributed by atoms with Gasteiger partial charge in [0.15, 0.2) is 11.7 Å². The van der Waals surface area contributed by atoms with Crippen LogP contribution in [0.4, 0.5) is 0 Å². The van der Waals surface area contributed by atoms with Crippen molar-refractivity contribution < 1.29 is 9.21 Å². The quantitative estimate of drug-likeness (QED) is 0.627. The topological polar surface area (TPSA) is 83.9 Å². The predicted octanol–water partition coefficient (Wildman–Crippen LogP) is 1.69. The van der Waals surface area contributed by atoms with Gasteiger partial charge in [-0.2, -0.15) is 0 Å². The van der Waals surface area contributed by atoms with Gasteiger partial charge in [0, 0.05) is 25.5 Å². The molecule has 0 unspecified atom stereocenters. The maximum absolute atomic E-state index is 11.0. The summed E-state index contributed by atoms with van der Waals surface area (Å²) in [7, 11) is 3.72. The van der Waals surface area contributed by atoms with E-state index in [0.29, 0.717) is 12.3 Å². The number of likely N-dealkylation sites (N-methyl/N-ethyl adjacent to an activating group) is 1. The average Bonchev–Trinajstić information content (AvgIpc) is 3.17. The van der Waals surface area contributed by atoms with Gasteiger partial charge >= 0.3 is 0 Å². The number of nitrogens with one attached hydrogen (secondary N) is 1. The summed E-state index contributed by atoms with van der Waals surface area (Å²) in [5.41, 5.74) is 5.16. The first kappa shape index (κ1) is 16.1. The van der Waals surface area contributed by atoms with Crippen molar-refractivity contribution in [2.45, 2.75) is 13.0 Å². The highest BCUT2D eigenvalue weighted by atomic mass is 32.1. The van der Waals surface area contributed by atoms with Crippen LogP contribution in [0, 0.1) is 0 Å². The first-order valence-electron chi connectivity index (χ1n) is 6.93. The van der Waals surface area contributed by atoms with Gasteiger partial charge in [0.1, 0.15) is 5.76 Å². The first-order valence-corrected chi connectivity index (χ1v) is 7.81. The Morgan fingerprint density at radius 2 is 2.27 bits per heavy atom. The molecule has 0 aromatic carbocycles. The van der Waals surface area contributed by atoms with Gasteiger partial charge in [-0.05, 0) is 30.0 Å². The summed E-state index contributed by atoms with van der Waals surface area (Å²) in [6, 6.07) is 7.48. The van der Waals surface area contributed by atoms with E-state index in [1.54, 1.807) is 30.5 Å². The van der Waals surface area contributed by atoms with Crippen molar-refractivity contribution in [3.8, 4) is 0 Å². The highest BCUT2D eigenvalue weighted by Gasteiger charge is 2.10. The first-order chi connectivity index (χ1) is 10.6. The molecule has 0 aliphatic rings. The highest BCUT2D eigenvalue weighted by molar-refractivity contribution is 7.09. The number of aliphatic imine (C=N–C) groups is 1. The van der Waals surface area contributed by atoms with Gasteiger partial charge in [-0.1, -0.05) is 6.07 Å². The number of hydrogen-bond donors (Lipinski definition) is 2. The highest BCUT2D eigenvalue weighted by Crippen LogP contribution is 2.10. The Bertz CT molecular complexity index is 634. The van der Waals surface area contributed by atoms with E-state index >= 15 is 0 Å². The van der Waals surface area contributed by atoms with Gasteiger partial charge in [-0.15, -0.1) is 11.3 Å². The molecule has 0 aliphatic heterocycles. The van der Waals surface area contributed by atoms with E-state index in [4.69, 9.17) is 10.2 Å². The zero-order valence-electron chi connectivity index (χ0n) is 12.7. The molecule has 2 aromatic rings. The minimum Gasteiger partial charge on any atom is -0.454 e. The van der Waals surface area contributed by atoms with Crippen molar-refractivity contribution in [3.05, 3.63) is 46.0 Å². The molecule has 0 saturated heterocycles. The van der Waals surface area contributed by atoms with Crippen LogP contribution in [0.3, 0.4) is 0 Å². The zero-order chi connectivity index (χ0) is 15.9. The molecule has 7 heteroatoms. The fraction of sp³-hybridized carbons (Fsp3) is 0.333. The monoisotopic (exact) mass is 320 g/mol. The van der Waals surface area contributed by atoms with Gasteiger partial charge in [0.25, 0.3) is 5.91 Å².